The van der Waals surface area contributed by atoms with Crippen LogP contribution in [0, 0.1) is 5.92 Å². The fourth-order valence-corrected chi connectivity index (χ4v) is 1.97. The van der Waals surface area contributed by atoms with Crippen molar-refractivity contribution >= 4 is 5.91 Å². The van der Waals surface area contributed by atoms with Crippen LogP contribution in [0.25, 0.3) is 0 Å². The molecule has 1 aromatic rings. The molecule has 0 spiro atoms. The number of carbonyl (C=O) groups excluding carboxylic acids is 1. The molecule has 1 fully saturated rings. The van der Waals surface area contributed by atoms with Gasteiger partial charge >= 0.3 is 0 Å². The fourth-order valence-electron chi connectivity index (χ4n) is 1.97. The van der Waals surface area contributed by atoms with E-state index in [0.29, 0.717) is 24.1 Å². The van der Waals surface area contributed by atoms with Crippen molar-refractivity contribution in [1.29, 1.82) is 0 Å². The molecule has 0 aromatic carbocycles. The first-order valence-corrected chi connectivity index (χ1v) is 7.37. The largest absolute Gasteiger partial charge is 0.476 e. The summed E-state index contributed by atoms with van der Waals surface area (Å²) in [7, 11) is 0. The van der Waals surface area contributed by atoms with Crippen LogP contribution >= 0.6 is 0 Å². The lowest BCUT2D eigenvalue weighted by atomic mass is 10.2. The summed E-state index contributed by atoms with van der Waals surface area (Å²) in [5, 5.41) is 0. The lowest BCUT2D eigenvalue weighted by molar-refractivity contribution is 0.0699. The molecule has 0 saturated heterocycles. The predicted octanol–water partition coefficient (Wildman–Crippen LogP) is 2.53. The van der Waals surface area contributed by atoms with E-state index in [0.717, 1.165) is 13.0 Å². The van der Waals surface area contributed by atoms with E-state index >= 15 is 0 Å². The molecule has 0 N–H and O–H groups in total. The fraction of sp³-hybridized carbons (Fsp3) is 0.667. The zero-order chi connectivity index (χ0) is 14.5. The van der Waals surface area contributed by atoms with Crippen molar-refractivity contribution in [1.82, 2.24) is 14.9 Å². The molecule has 20 heavy (non-hydrogen) atoms. The Morgan fingerprint density at radius 2 is 2.15 bits per heavy atom. The number of rotatable bonds is 7. The predicted molar refractivity (Wildman–Crippen MR) is 76.7 cm³/mol. The minimum Gasteiger partial charge on any atom is -0.476 e. The highest BCUT2D eigenvalue weighted by atomic mass is 16.5. The molecule has 1 aliphatic carbocycles. The maximum absolute atomic E-state index is 12.3. The number of ether oxygens (including phenoxy) is 1. The highest BCUT2D eigenvalue weighted by molar-refractivity contribution is 5.92. The Bertz CT molecular complexity index is 441. The van der Waals surface area contributed by atoms with Gasteiger partial charge in [0.15, 0.2) is 0 Å². The Morgan fingerprint density at radius 3 is 2.65 bits per heavy atom. The number of hydrogen-bond acceptors (Lipinski definition) is 4. The van der Waals surface area contributed by atoms with Gasteiger partial charge in [-0.05, 0) is 39.0 Å². The van der Waals surface area contributed by atoms with Crippen molar-refractivity contribution in [3.8, 4) is 5.88 Å². The second-order valence-corrected chi connectivity index (χ2v) is 5.59. The smallest absolute Gasteiger partial charge is 0.274 e. The number of carbonyl (C=O) groups is 1. The summed E-state index contributed by atoms with van der Waals surface area (Å²) < 4.78 is 5.52. The molecule has 110 valence electrons. The van der Waals surface area contributed by atoms with Crippen LogP contribution in [-0.2, 0) is 0 Å². The number of amides is 1. The first-order chi connectivity index (χ1) is 9.61. The van der Waals surface area contributed by atoms with E-state index in [2.05, 4.69) is 16.9 Å². The summed E-state index contributed by atoms with van der Waals surface area (Å²) in [6, 6.07) is 0.162. The zero-order valence-corrected chi connectivity index (χ0v) is 12.5. The summed E-state index contributed by atoms with van der Waals surface area (Å²) in [4.78, 5) is 22.5. The maximum Gasteiger partial charge on any atom is 0.274 e. The summed E-state index contributed by atoms with van der Waals surface area (Å²) in [6.45, 7) is 7.51. The van der Waals surface area contributed by atoms with Crippen LogP contribution in [0.1, 0.15) is 50.5 Å². The highest BCUT2D eigenvalue weighted by Crippen LogP contribution is 2.29. The maximum atomic E-state index is 12.3. The molecule has 1 saturated carbocycles. The number of hydrogen-bond donors (Lipinski definition) is 0. The summed E-state index contributed by atoms with van der Waals surface area (Å²) in [6.07, 6.45) is 6.46. The molecule has 5 heteroatoms. The highest BCUT2D eigenvalue weighted by Gasteiger charge is 2.23. The van der Waals surface area contributed by atoms with Crippen LogP contribution in [-0.4, -0.2) is 40.0 Å². The van der Waals surface area contributed by atoms with Gasteiger partial charge in [0.25, 0.3) is 5.91 Å². The quantitative estimate of drug-likeness (QED) is 0.768. The molecule has 0 atom stereocenters. The number of aromatic nitrogens is 2. The average molecular weight is 277 g/mol. The topological polar surface area (TPSA) is 55.3 Å². The molecule has 1 aromatic heterocycles. The van der Waals surface area contributed by atoms with Crippen LogP contribution in [0.3, 0.4) is 0 Å². The van der Waals surface area contributed by atoms with Crippen molar-refractivity contribution in [3.63, 3.8) is 0 Å². The van der Waals surface area contributed by atoms with Crippen molar-refractivity contribution in [3.05, 3.63) is 18.1 Å². The Balaban J connectivity index is 1.97. The first kappa shape index (κ1) is 14.8. The van der Waals surface area contributed by atoms with Gasteiger partial charge in [0.05, 0.1) is 19.0 Å². The third-order valence-corrected chi connectivity index (χ3v) is 3.36. The van der Waals surface area contributed by atoms with Crippen molar-refractivity contribution in [2.24, 2.45) is 5.92 Å². The summed E-state index contributed by atoms with van der Waals surface area (Å²) >= 11 is 0. The molecule has 1 aliphatic rings. The minimum atomic E-state index is -0.0666. The van der Waals surface area contributed by atoms with Crippen LogP contribution in [0.4, 0.5) is 0 Å². The van der Waals surface area contributed by atoms with Gasteiger partial charge in [0, 0.05) is 12.6 Å². The Hall–Kier alpha value is -1.65. The summed E-state index contributed by atoms with van der Waals surface area (Å²) in [5.41, 5.74) is 0.380. The molecule has 0 aliphatic heterocycles. The van der Waals surface area contributed by atoms with Gasteiger partial charge in [-0.2, -0.15) is 0 Å². The zero-order valence-electron chi connectivity index (χ0n) is 12.5. The molecular weight excluding hydrogens is 254 g/mol. The van der Waals surface area contributed by atoms with Gasteiger partial charge in [0.2, 0.25) is 5.88 Å². The van der Waals surface area contributed by atoms with Gasteiger partial charge < -0.3 is 9.64 Å². The normalized spacial score (nSPS) is 14.4. The van der Waals surface area contributed by atoms with Crippen molar-refractivity contribution < 1.29 is 9.53 Å². The van der Waals surface area contributed by atoms with Gasteiger partial charge in [0.1, 0.15) is 5.69 Å². The van der Waals surface area contributed by atoms with Crippen molar-refractivity contribution in [2.75, 3.05) is 13.2 Å². The molecule has 0 unspecified atom stereocenters. The lowest BCUT2D eigenvalue weighted by Gasteiger charge is -2.25. The molecule has 0 radical (unpaired) electrons. The van der Waals surface area contributed by atoms with E-state index in [-0.39, 0.29) is 11.9 Å². The molecule has 2 rings (SSSR count). The SMILES string of the molecule is CCCN(C(=O)c1cnc(OCC2CC2)cn1)C(C)C. The van der Waals surface area contributed by atoms with Gasteiger partial charge in [-0.25, -0.2) is 9.97 Å². The second kappa shape index (κ2) is 6.68. The van der Waals surface area contributed by atoms with Gasteiger partial charge in [-0.3, -0.25) is 4.79 Å². The third-order valence-electron chi connectivity index (χ3n) is 3.36. The lowest BCUT2D eigenvalue weighted by Crippen LogP contribution is -2.38. The minimum absolute atomic E-state index is 0.0666. The van der Waals surface area contributed by atoms with Gasteiger partial charge in [-0.15, -0.1) is 0 Å². The van der Waals surface area contributed by atoms with E-state index in [9.17, 15) is 4.79 Å². The molecule has 1 heterocycles. The van der Waals surface area contributed by atoms with E-state index in [4.69, 9.17) is 4.74 Å². The van der Waals surface area contributed by atoms with Gasteiger partial charge in [-0.1, -0.05) is 6.92 Å². The Morgan fingerprint density at radius 1 is 1.40 bits per heavy atom. The summed E-state index contributed by atoms with van der Waals surface area (Å²) in [5.74, 6) is 1.11. The van der Waals surface area contributed by atoms with E-state index in [1.165, 1.54) is 19.0 Å². The molecule has 1 amide bonds. The van der Waals surface area contributed by atoms with Crippen LogP contribution in [0.5, 0.6) is 5.88 Å². The third kappa shape index (κ3) is 3.92. The monoisotopic (exact) mass is 277 g/mol. The van der Waals surface area contributed by atoms with Crippen LogP contribution < -0.4 is 4.74 Å². The Labute approximate surface area is 120 Å². The van der Waals surface area contributed by atoms with E-state index in [1.54, 1.807) is 6.20 Å². The first-order valence-electron chi connectivity index (χ1n) is 7.37. The number of nitrogens with zero attached hydrogens (tertiary/aromatic N) is 3. The second-order valence-electron chi connectivity index (χ2n) is 5.59. The van der Waals surface area contributed by atoms with Crippen LogP contribution in [0.15, 0.2) is 12.4 Å². The molecule has 5 nitrogen and oxygen atoms in total. The molecular formula is C15H23N3O2. The standard InChI is InChI=1S/C15H23N3O2/c1-4-7-18(11(2)3)15(19)13-8-17-14(9-16-13)20-10-12-5-6-12/h8-9,11-12H,4-7,10H2,1-3H3. The van der Waals surface area contributed by atoms with Crippen LogP contribution in [0.2, 0.25) is 0 Å². The van der Waals surface area contributed by atoms with E-state index in [1.807, 2.05) is 18.7 Å². The Kier molecular flexibility index (Phi) is 4.93. The molecule has 0 bridgehead atoms. The van der Waals surface area contributed by atoms with E-state index < -0.39 is 0 Å². The van der Waals surface area contributed by atoms with Crippen molar-refractivity contribution in [2.45, 2.75) is 46.1 Å². The average Bonchev–Trinajstić information content (AvgIpc) is 3.26.